The van der Waals surface area contributed by atoms with Gasteiger partial charge in [-0.15, -0.1) is 0 Å². The van der Waals surface area contributed by atoms with Crippen LogP contribution in [0.4, 0.5) is 4.39 Å². The van der Waals surface area contributed by atoms with Crippen molar-refractivity contribution in [3.63, 3.8) is 0 Å². The summed E-state index contributed by atoms with van der Waals surface area (Å²) in [5.41, 5.74) is 15.2. The number of halogens is 1. The summed E-state index contributed by atoms with van der Waals surface area (Å²) in [4.78, 5) is 98.7. The first-order valence-electron chi connectivity index (χ1n) is 43.0. The van der Waals surface area contributed by atoms with Gasteiger partial charge >= 0.3 is 0 Å². The number of rotatable bonds is 30. The van der Waals surface area contributed by atoms with E-state index in [0.717, 1.165) is 204 Å². The molecule has 4 aromatic carbocycles. The van der Waals surface area contributed by atoms with Gasteiger partial charge in [0, 0.05) is 92.8 Å². The van der Waals surface area contributed by atoms with Crippen molar-refractivity contribution in [2.45, 2.75) is 244 Å². The molecule has 8 heterocycles. The second-order valence-corrected chi connectivity index (χ2v) is 33.3. The largest absolute Gasteiger partial charge is 0.331 e. The molecule has 0 radical (unpaired) electrons. The molecule has 0 atom stereocenters. The van der Waals surface area contributed by atoms with Gasteiger partial charge in [-0.1, -0.05) is 141 Å². The molecule has 616 valence electrons. The molecule has 0 unspecified atom stereocenters. The molecule has 0 aliphatic heterocycles. The third-order valence-electron chi connectivity index (χ3n) is 22.9. The lowest BCUT2D eigenvalue weighted by Gasteiger charge is -2.25. The van der Waals surface area contributed by atoms with Crippen molar-refractivity contribution in [2.24, 2.45) is 17.8 Å². The van der Waals surface area contributed by atoms with Gasteiger partial charge in [-0.25, -0.2) is 44.3 Å². The highest BCUT2D eigenvalue weighted by Gasteiger charge is 2.32. The minimum absolute atomic E-state index is 0.0722. The van der Waals surface area contributed by atoms with E-state index < -0.39 is 5.82 Å². The first kappa shape index (κ1) is 85.5. The van der Waals surface area contributed by atoms with Gasteiger partial charge in [-0.05, 0) is 231 Å². The molecule has 3 aliphatic rings. The van der Waals surface area contributed by atoms with Crippen LogP contribution in [0.25, 0.3) is 44.7 Å². The molecule has 0 spiro atoms. The summed E-state index contributed by atoms with van der Waals surface area (Å²) in [5, 5.41) is 0. The van der Waals surface area contributed by atoms with Gasteiger partial charge in [0.25, 0.3) is 23.6 Å². The Morgan fingerprint density at radius 3 is 1.38 bits per heavy atom. The molecule has 12 aromatic rings. The Balaban J connectivity index is 0.000000144. The number of aryl methyl sites for hydroxylation is 6. The van der Waals surface area contributed by atoms with Crippen LogP contribution in [-0.2, 0) is 39.3 Å². The molecule has 3 saturated carbocycles. The molecule has 3 fully saturated rings. The van der Waals surface area contributed by atoms with E-state index in [1.54, 1.807) is 35.5 Å². The number of amides is 4. The molecule has 21 heteroatoms. The molecule has 0 bridgehead atoms. The average Bonchev–Trinajstić information content (AvgIpc) is 1.65. The maximum atomic E-state index is 14.4. The molecule has 8 aromatic heterocycles. The summed E-state index contributed by atoms with van der Waals surface area (Å²) in [6, 6.07) is 42.6. The third kappa shape index (κ3) is 21.9. The Morgan fingerprint density at radius 1 is 0.410 bits per heavy atom. The second kappa shape index (κ2) is 40.8. The number of imidazole rings is 4. The van der Waals surface area contributed by atoms with Crippen LogP contribution in [0.5, 0.6) is 0 Å². The summed E-state index contributed by atoms with van der Waals surface area (Å²) in [6.07, 6.45) is 26.2. The lowest BCUT2D eigenvalue weighted by Crippen LogP contribution is -2.34. The second-order valence-electron chi connectivity index (χ2n) is 33.3. The Kier molecular flexibility index (Phi) is 29.9. The first-order chi connectivity index (χ1) is 56.7. The maximum Gasteiger partial charge on any atom is 0.257 e. The number of pyridine rings is 4. The fraction of sp³-hybridized carbons (Fsp3) is 0.458. The quantitative estimate of drug-likeness (QED) is 0.0386. The van der Waals surface area contributed by atoms with Crippen LogP contribution in [0, 0.1) is 58.2 Å². The van der Waals surface area contributed by atoms with Crippen molar-refractivity contribution >= 4 is 68.3 Å². The van der Waals surface area contributed by atoms with Crippen LogP contribution in [0.3, 0.4) is 0 Å². The van der Waals surface area contributed by atoms with Crippen molar-refractivity contribution in [3.8, 4) is 0 Å². The highest BCUT2D eigenvalue weighted by atomic mass is 19.1. The predicted octanol–water partition coefficient (Wildman–Crippen LogP) is 20.7. The Hall–Kier alpha value is -10.8. The monoisotopic (exact) mass is 1580 g/mol. The number of nitrogens with zero attached hydrogens (tertiary/aromatic N) is 16. The van der Waals surface area contributed by atoms with E-state index in [4.69, 9.17) is 19.9 Å². The van der Waals surface area contributed by atoms with Crippen LogP contribution >= 0.6 is 0 Å². The summed E-state index contributed by atoms with van der Waals surface area (Å²) in [5.74, 6) is 4.81. The van der Waals surface area contributed by atoms with Crippen molar-refractivity contribution < 1.29 is 23.6 Å². The van der Waals surface area contributed by atoms with Crippen LogP contribution < -0.4 is 0 Å². The number of unbranched alkanes of at least 4 members (excludes halogenated alkanes) is 2. The van der Waals surface area contributed by atoms with E-state index in [-0.39, 0.29) is 29.2 Å². The molecule has 117 heavy (non-hydrogen) atoms. The summed E-state index contributed by atoms with van der Waals surface area (Å²) < 4.78 is 23.3. The molecular weight excluding hydrogens is 1460 g/mol. The fourth-order valence-corrected chi connectivity index (χ4v) is 16.0. The molecule has 4 amide bonds. The Bertz CT molecular complexity index is 5330. The smallest absolute Gasteiger partial charge is 0.257 e. The Labute approximate surface area is 690 Å². The number of hydrogen-bond donors (Lipinski definition) is 0. The van der Waals surface area contributed by atoms with E-state index >= 15 is 0 Å². The van der Waals surface area contributed by atoms with Gasteiger partial charge in [0.15, 0.2) is 22.6 Å². The van der Waals surface area contributed by atoms with Gasteiger partial charge < -0.3 is 37.9 Å². The van der Waals surface area contributed by atoms with Gasteiger partial charge in [-0.2, -0.15) is 0 Å². The van der Waals surface area contributed by atoms with E-state index in [1.165, 1.54) is 50.2 Å². The lowest BCUT2D eigenvalue weighted by molar-refractivity contribution is 0.0718. The summed E-state index contributed by atoms with van der Waals surface area (Å²) in [6.45, 7) is 31.7. The molecule has 0 N–H and O–H groups in total. The summed E-state index contributed by atoms with van der Waals surface area (Å²) >= 11 is 0. The van der Waals surface area contributed by atoms with Gasteiger partial charge in [0.1, 0.15) is 51.2 Å². The van der Waals surface area contributed by atoms with Crippen LogP contribution in [0.15, 0.2) is 158 Å². The molecule has 20 nitrogen and oxygen atoms in total. The fourth-order valence-electron chi connectivity index (χ4n) is 16.0. The predicted molar refractivity (Wildman–Crippen MR) is 465 cm³/mol. The average molecular weight is 1580 g/mol. The number of fused-ring (bicyclic) bond motifs is 4. The van der Waals surface area contributed by atoms with E-state index in [2.05, 4.69) is 107 Å². The molecular formula is C96H121FN16O4. The van der Waals surface area contributed by atoms with Crippen molar-refractivity contribution in [1.82, 2.24) is 77.7 Å². The van der Waals surface area contributed by atoms with Crippen LogP contribution in [0.2, 0.25) is 0 Å². The minimum atomic E-state index is -0.483. The normalized spacial score (nSPS) is 13.6. The standard InChI is InChI=1S/C25H32N4O.C24H29FN4O.C24H32N4O.C23H28N4O/c1-18(2)13-15-28(25(30)20-9-6-8-19(3)16-20)17-23-27-22-12-7-14-26-24(22)29(23)21-10-4-5-11-21;1-17(2)13-15-28(24(30)19-10-5-6-11-20(19)25)16-22-27-21-12-7-14-26-23(21)29(22)18-8-3-4-9-18;1-5-7-8-15-27(24(29)20-16-18(3)11-12-19(20)4)17-22-26-21-10-9-13-25-23(21)28(22)14-6-2;1-4-12-26(23(28)19-10-7-16(2)17(3)13-19)15-21-25-20-6-5-11-24-22(20)27(21)14-18-8-9-18/h6-9,12,14,16,18,21H,4-5,10-11,13,15,17H2,1-3H3;5-7,10-12,14,17-18H,3-4,8-9,13,15-16H2,1-2H3;9-13,16H,5-8,14-15,17H2,1-4H3;5-7,10-11,13,18H,4,8-9,12,14-15H2,1-3H3. The first-order valence-corrected chi connectivity index (χ1v) is 43.0. The van der Waals surface area contributed by atoms with Crippen molar-refractivity contribution in [2.75, 3.05) is 26.2 Å². The highest BCUT2D eigenvalue weighted by molar-refractivity contribution is 5.97. The zero-order valence-corrected chi connectivity index (χ0v) is 71.2. The SMILES string of the molecule is CC(C)CCN(Cc1nc2cccnc2n1C1CCCC1)C(=O)c1ccccc1F.CCCCCN(Cc1nc2cccnc2n1CCC)C(=O)c1cc(C)ccc1C.CCCN(Cc1nc2cccnc2n1CC1CC1)C(=O)c1ccc(C)c(C)c1.Cc1cccc(C(=O)N(CCC(C)C)Cc2nc3cccnc3n2C2CCCC2)c1. The third-order valence-corrected chi connectivity index (χ3v) is 22.9. The van der Waals surface area contributed by atoms with Crippen LogP contribution in [-0.4, -0.2) is 128 Å². The maximum absolute atomic E-state index is 14.4. The van der Waals surface area contributed by atoms with E-state index in [9.17, 15) is 23.6 Å². The number of carbonyl (C=O) groups excluding carboxylic acids is 4. The van der Waals surface area contributed by atoms with Gasteiger partial charge in [-0.3, -0.25) is 19.2 Å². The van der Waals surface area contributed by atoms with E-state index in [0.29, 0.717) is 69.1 Å². The van der Waals surface area contributed by atoms with Gasteiger partial charge in [0.05, 0.1) is 31.7 Å². The topological polar surface area (TPSA) is 204 Å². The summed E-state index contributed by atoms with van der Waals surface area (Å²) in [7, 11) is 0. The van der Waals surface area contributed by atoms with Gasteiger partial charge in [0.2, 0.25) is 0 Å². The number of hydrogen-bond acceptors (Lipinski definition) is 12. The number of aromatic nitrogens is 12. The molecule has 0 saturated heterocycles. The van der Waals surface area contributed by atoms with Crippen LogP contribution in [0.1, 0.15) is 262 Å². The molecule has 3 aliphatic carbocycles. The van der Waals surface area contributed by atoms with Crippen molar-refractivity contribution in [3.05, 3.63) is 237 Å². The molecule has 15 rings (SSSR count). The number of carbonyl (C=O) groups is 4. The zero-order valence-electron chi connectivity index (χ0n) is 71.2. The number of benzene rings is 4. The van der Waals surface area contributed by atoms with Crippen molar-refractivity contribution in [1.29, 1.82) is 0 Å². The Morgan fingerprint density at radius 2 is 0.872 bits per heavy atom. The minimum Gasteiger partial charge on any atom is -0.331 e. The lowest BCUT2D eigenvalue weighted by atomic mass is 10.0. The van der Waals surface area contributed by atoms with E-state index in [1.807, 2.05) is 151 Å². The zero-order chi connectivity index (χ0) is 82.7. The highest BCUT2D eigenvalue weighted by Crippen LogP contribution is 2.37.